The lowest BCUT2D eigenvalue weighted by molar-refractivity contribution is -0.113. The predicted octanol–water partition coefficient (Wildman–Crippen LogP) is 4.99. The van der Waals surface area contributed by atoms with Crippen molar-refractivity contribution in [3.8, 4) is 5.75 Å². The van der Waals surface area contributed by atoms with Crippen molar-refractivity contribution in [2.45, 2.75) is 18.8 Å². The Labute approximate surface area is 170 Å². The zero-order valence-corrected chi connectivity index (χ0v) is 16.6. The van der Waals surface area contributed by atoms with E-state index in [-0.39, 0.29) is 29.4 Å². The molecule has 0 aliphatic heterocycles. The van der Waals surface area contributed by atoms with E-state index in [1.807, 2.05) is 31.2 Å². The van der Waals surface area contributed by atoms with E-state index in [4.69, 9.17) is 32.4 Å². The summed E-state index contributed by atoms with van der Waals surface area (Å²) < 4.78 is 11.0. The summed E-state index contributed by atoms with van der Waals surface area (Å²) in [5, 5.41) is 11.8. The van der Waals surface area contributed by atoms with Gasteiger partial charge in [-0.3, -0.25) is 4.79 Å². The Kier molecular flexibility index (Phi) is 6.60. The first kappa shape index (κ1) is 19.5. The highest BCUT2D eigenvalue weighted by atomic mass is 35.5. The number of benzene rings is 2. The maximum absolute atomic E-state index is 12.0. The van der Waals surface area contributed by atoms with Gasteiger partial charge in [0.05, 0.1) is 10.8 Å². The van der Waals surface area contributed by atoms with Gasteiger partial charge in [-0.1, -0.05) is 47.1 Å². The molecule has 0 atom stereocenters. The first-order chi connectivity index (χ1) is 13.0. The Bertz CT molecular complexity index is 949. The van der Waals surface area contributed by atoms with Crippen molar-refractivity contribution in [2.24, 2.45) is 0 Å². The van der Waals surface area contributed by atoms with Gasteiger partial charge in [0.25, 0.3) is 11.1 Å². The molecule has 1 amide bonds. The molecule has 0 aliphatic carbocycles. The fourth-order valence-electron chi connectivity index (χ4n) is 2.13. The molecule has 0 radical (unpaired) electrons. The van der Waals surface area contributed by atoms with Crippen LogP contribution >= 0.6 is 35.0 Å². The summed E-state index contributed by atoms with van der Waals surface area (Å²) in [6, 6.07) is 12.5. The average Bonchev–Trinajstić information content (AvgIpc) is 3.07. The number of hydrogen-bond donors (Lipinski definition) is 1. The zero-order chi connectivity index (χ0) is 19.2. The van der Waals surface area contributed by atoms with Crippen LogP contribution in [0.15, 0.2) is 52.1 Å². The van der Waals surface area contributed by atoms with Crippen molar-refractivity contribution in [3.63, 3.8) is 0 Å². The molecule has 0 saturated heterocycles. The van der Waals surface area contributed by atoms with E-state index in [9.17, 15) is 4.79 Å². The monoisotopic (exact) mass is 423 g/mol. The van der Waals surface area contributed by atoms with Crippen LogP contribution in [0.5, 0.6) is 5.75 Å². The highest BCUT2D eigenvalue weighted by Gasteiger charge is 2.11. The van der Waals surface area contributed by atoms with E-state index >= 15 is 0 Å². The molecule has 6 nitrogen and oxygen atoms in total. The van der Waals surface area contributed by atoms with Crippen LogP contribution in [0.4, 0.5) is 5.69 Å². The van der Waals surface area contributed by atoms with E-state index in [1.54, 1.807) is 18.2 Å². The second kappa shape index (κ2) is 9.12. The molecule has 0 saturated carbocycles. The van der Waals surface area contributed by atoms with Crippen LogP contribution in [0, 0.1) is 6.92 Å². The molecule has 3 rings (SSSR count). The number of nitrogens with zero attached hydrogens (tertiary/aromatic N) is 2. The third-order valence-electron chi connectivity index (χ3n) is 3.32. The third-order valence-corrected chi connectivity index (χ3v) is 4.67. The summed E-state index contributed by atoms with van der Waals surface area (Å²) in [6.07, 6.45) is 0. The fraction of sp³-hybridized carbons (Fsp3) is 0.167. The van der Waals surface area contributed by atoms with Gasteiger partial charge in [-0.05, 0) is 42.8 Å². The van der Waals surface area contributed by atoms with E-state index in [0.717, 1.165) is 23.0 Å². The summed E-state index contributed by atoms with van der Waals surface area (Å²) in [7, 11) is 0. The molecule has 0 bridgehead atoms. The Morgan fingerprint density at radius 2 is 2.07 bits per heavy atom. The summed E-state index contributed by atoms with van der Waals surface area (Å²) in [5.74, 6) is 0.738. The first-order valence-corrected chi connectivity index (χ1v) is 9.63. The largest absolute Gasteiger partial charge is 0.482 e. The zero-order valence-electron chi connectivity index (χ0n) is 14.2. The lowest BCUT2D eigenvalue weighted by Gasteiger charge is -2.05. The van der Waals surface area contributed by atoms with Crippen LogP contribution in [0.2, 0.25) is 10.0 Å². The number of halogens is 2. The van der Waals surface area contributed by atoms with Gasteiger partial charge in [-0.15, -0.1) is 10.2 Å². The molecule has 1 heterocycles. The number of thioether (sulfide) groups is 1. The highest BCUT2D eigenvalue weighted by Crippen LogP contribution is 2.28. The molecule has 1 N–H and O–H groups in total. The number of ether oxygens (including phenoxy) is 1. The first-order valence-electron chi connectivity index (χ1n) is 7.89. The smallest absolute Gasteiger partial charge is 0.277 e. The van der Waals surface area contributed by atoms with E-state index in [0.29, 0.717) is 15.8 Å². The van der Waals surface area contributed by atoms with Crippen LogP contribution in [-0.2, 0) is 11.4 Å². The maximum atomic E-state index is 12.0. The van der Waals surface area contributed by atoms with Gasteiger partial charge in [0.1, 0.15) is 5.75 Å². The van der Waals surface area contributed by atoms with Gasteiger partial charge in [0.15, 0.2) is 6.61 Å². The summed E-state index contributed by atoms with van der Waals surface area (Å²) >= 11 is 13.0. The Morgan fingerprint density at radius 3 is 2.85 bits per heavy atom. The van der Waals surface area contributed by atoms with E-state index in [1.165, 1.54) is 0 Å². The summed E-state index contributed by atoms with van der Waals surface area (Å²) in [4.78, 5) is 12.0. The van der Waals surface area contributed by atoms with Crippen molar-refractivity contribution >= 4 is 46.6 Å². The number of anilines is 1. The molecule has 27 heavy (non-hydrogen) atoms. The van der Waals surface area contributed by atoms with Crippen molar-refractivity contribution in [1.82, 2.24) is 10.2 Å². The van der Waals surface area contributed by atoms with Crippen LogP contribution in [0.1, 0.15) is 11.5 Å². The van der Waals surface area contributed by atoms with Crippen LogP contribution in [0.3, 0.4) is 0 Å². The quantitative estimate of drug-likeness (QED) is 0.539. The molecule has 0 unspecified atom stereocenters. The molecule has 0 spiro atoms. The molecule has 3 aromatic rings. The summed E-state index contributed by atoms with van der Waals surface area (Å²) in [5.41, 5.74) is 1.82. The van der Waals surface area contributed by atoms with E-state index < -0.39 is 0 Å². The molecule has 9 heteroatoms. The molecular weight excluding hydrogens is 409 g/mol. The van der Waals surface area contributed by atoms with Crippen molar-refractivity contribution in [3.05, 3.63) is 64.0 Å². The number of carbonyl (C=O) groups excluding carboxylic acids is 1. The molecule has 1 aromatic heterocycles. The number of hydrogen-bond acceptors (Lipinski definition) is 6. The van der Waals surface area contributed by atoms with Crippen molar-refractivity contribution in [2.75, 3.05) is 11.1 Å². The number of carbonyl (C=O) groups is 1. The number of nitrogens with one attached hydrogen (secondary N) is 1. The maximum Gasteiger partial charge on any atom is 0.277 e. The Hall–Kier alpha value is -2.22. The Balaban J connectivity index is 1.48. The lowest BCUT2D eigenvalue weighted by Crippen LogP contribution is -2.13. The van der Waals surface area contributed by atoms with Crippen LogP contribution < -0.4 is 10.1 Å². The minimum Gasteiger partial charge on any atom is -0.482 e. The number of aromatic nitrogens is 2. The number of rotatable bonds is 7. The lowest BCUT2D eigenvalue weighted by atomic mass is 10.2. The van der Waals surface area contributed by atoms with Gasteiger partial charge >= 0.3 is 0 Å². The van der Waals surface area contributed by atoms with Crippen molar-refractivity contribution < 1.29 is 13.9 Å². The second-order valence-corrected chi connectivity index (χ2v) is 7.30. The van der Waals surface area contributed by atoms with Gasteiger partial charge in [-0.2, -0.15) is 0 Å². The van der Waals surface area contributed by atoms with Crippen molar-refractivity contribution in [1.29, 1.82) is 0 Å². The van der Waals surface area contributed by atoms with Crippen LogP contribution in [-0.4, -0.2) is 21.9 Å². The van der Waals surface area contributed by atoms with Gasteiger partial charge in [0.2, 0.25) is 5.91 Å². The van der Waals surface area contributed by atoms with Gasteiger partial charge in [-0.25, -0.2) is 0 Å². The molecule has 0 aliphatic rings. The average molecular weight is 424 g/mol. The number of amides is 1. The number of aryl methyl sites for hydroxylation is 1. The minimum atomic E-state index is -0.158. The SMILES string of the molecule is Cc1cccc(NC(=O)CSc2nnc(COc3ccc(Cl)cc3Cl)o2)c1. The molecule has 2 aromatic carbocycles. The standard InChI is InChI=1S/C18H15Cl2N3O3S/c1-11-3-2-4-13(7-11)21-16(24)10-27-18-23-22-17(26-18)9-25-15-6-5-12(19)8-14(15)20/h2-8H,9-10H2,1H3,(H,21,24). The second-order valence-electron chi connectivity index (χ2n) is 5.53. The summed E-state index contributed by atoms with van der Waals surface area (Å²) in [6.45, 7) is 2.02. The van der Waals surface area contributed by atoms with Crippen LogP contribution in [0.25, 0.3) is 0 Å². The minimum absolute atomic E-state index is 0.0599. The third kappa shape index (κ3) is 5.89. The fourth-order valence-corrected chi connectivity index (χ4v) is 3.18. The normalized spacial score (nSPS) is 10.6. The van der Waals surface area contributed by atoms with E-state index in [2.05, 4.69) is 15.5 Å². The van der Waals surface area contributed by atoms with Gasteiger partial charge in [0, 0.05) is 10.7 Å². The van der Waals surface area contributed by atoms with Gasteiger partial charge < -0.3 is 14.5 Å². The Morgan fingerprint density at radius 1 is 1.22 bits per heavy atom. The predicted molar refractivity (Wildman–Crippen MR) is 106 cm³/mol. The molecule has 0 fully saturated rings. The highest BCUT2D eigenvalue weighted by molar-refractivity contribution is 7.99. The molecular formula is C18H15Cl2N3O3S. The molecule has 140 valence electrons. The topological polar surface area (TPSA) is 77.2 Å².